The van der Waals surface area contributed by atoms with Crippen molar-refractivity contribution >= 4 is 11.8 Å². The third-order valence-electron chi connectivity index (χ3n) is 1.97. The van der Waals surface area contributed by atoms with E-state index in [1.54, 1.807) is 6.92 Å². The number of nitrogens with two attached hydrogens (primary N) is 1. The van der Waals surface area contributed by atoms with E-state index < -0.39 is 12.7 Å². The number of anilines is 1. The number of oxime groups is 1. The van der Waals surface area contributed by atoms with E-state index in [2.05, 4.69) is 15.1 Å². The van der Waals surface area contributed by atoms with Crippen LogP contribution >= 0.6 is 0 Å². The zero-order valence-electron chi connectivity index (χ0n) is 9.73. The lowest BCUT2D eigenvalue weighted by molar-refractivity contribution is -0.119. The van der Waals surface area contributed by atoms with Gasteiger partial charge in [-0.15, -0.1) is 0 Å². The maximum atomic E-state index is 12.2. The Hall–Kier alpha value is -2.06. The summed E-state index contributed by atoms with van der Waals surface area (Å²) in [6.45, 7) is 0.382. The van der Waals surface area contributed by atoms with Crippen LogP contribution in [0.1, 0.15) is 11.4 Å². The molecule has 3 N–H and O–H groups in total. The first kappa shape index (κ1) is 14.0. The van der Waals surface area contributed by atoms with Crippen molar-refractivity contribution in [2.24, 2.45) is 10.9 Å². The molecule has 0 aliphatic heterocycles. The maximum Gasteiger partial charge on any atom is 0.406 e. The molecule has 18 heavy (non-hydrogen) atoms. The van der Waals surface area contributed by atoms with Crippen molar-refractivity contribution in [3.63, 3.8) is 0 Å². The molecule has 0 saturated carbocycles. The SMILES string of the molecule is Cc1cc(/C(N)=N/O)nc(N(C)CC(F)(F)F)n1. The smallest absolute Gasteiger partial charge is 0.406 e. The fraction of sp³-hybridized carbons (Fsp3) is 0.444. The van der Waals surface area contributed by atoms with Gasteiger partial charge < -0.3 is 15.8 Å². The minimum atomic E-state index is -4.36. The highest BCUT2D eigenvalue weighted by molar-refractivity contribution is 5.95. The minimum absolute atomic E-state index is 0.0639. The average molecular weight is 263 g/mol. The van der Waals surface area contributed by atoms with E-state index in [0.717, 1.165) is 4.90 Å². The van der Waals surface area contributed by atoms with Crippen molar-refractivity contribution in [1.29, 1.82) is 0 Å². The Morgan fingerprint density at radius 3 is 2.61 bits per heavy atom. The summed E-state index contributed by atoms with van der Waals surface area (Å²) >= 11 is 0. The monoisotopic (exact) mass is 263 g/mol. The molecule has 0 bridgehead atoms. The lowest BCUT2D eigenvalue weighted by Crippen LogP contribution is -2.32. The summed E-state index contributed by atoms with van der Waals surface area (Å²) in [4.78, 5) is 8.48. The zero-order valence-corrected chi connectivity index (χ0v) is 9.73. The summed E-state index contributed by atoms with van der Waals surface area (Å²) in [5, 5.41) is 11.2. The van der Waals surface area contributed by atoms with Gasteiger partial charge >= 0.3 is 6.18 Å². The van der Waals surface area contributed by atoms with E-state index in [1.807, 2.05) is 0 Å². The number of rotatable bonds is 3. The number of amidine groups is 1. The second kappa shape index (κ2) is 5.07. The van der Waals surface area contributed by atoms with Gasteiger partial charge in [-0.25, -0.2) is 9.97 Å². The summed E-state index contributed by atoms with van der Waals surface area (Å²) in [6, 6.07) is 1.40. The molecule has 1 rings (SSSR count). The van der Waals surface area contributed by atoms with Crippen LogP contribution in [-0.2, 0) is 0 Å². The topological polar surface area (TPSA) is 87.6 Å². The summed E-state index contributed by atoms with van der Waals surface area (Å²) < 4.78 is 36.7. The van der Waals surface area contributed by atoms with Crippen molar-refractivity contribution < 1.29 is 18.4 Å². The van der Waals surface area contributed by atoms with E-state index >= 15 is 0 Å². The van der Waals surface area contributed by atoms with Gasteiger partial charge in [0.25, 0.3) is 0 Å². The standard InChI is InChI=1S/C9H12F3N5O/c1-5-3-6(7(13)16-18)15-8(14-5)17(2)4-9(10,11)12/h3,18H,4H2,1-2H3,(H2,13,16). The number of nitrogens with zero attached hydrogens (tertiary/aromatic N) is 4. The van der Waals surface area contributed by atoms with E-state index in [-0.39, 0.29) is 17.5 Å². The second-order valence-electron chi connectivity index (χ2n) is 3.65. The Morgan fingerprint density at radius 1 is 1.50 bits per heavy atom. The van der Waals surface area contributed by atoms with E-state index in [1.165, 1.54) is 13.1 Å². The van der Waals surface area contributed by atoms with Gasteiger partial charge in [0.05, 0.1) is 0 Å². The fourth-order valence-corrected chi connectivity index (χ4v) is 1.25. The van der Waals surface area contributed by atoms with Crippen molar-refractivity contribution in [3.05, 3.63) is 17.5 Å². The summed E-state index contributed by atoms with van der Waals surface area (Å²) in [7, 11) is 1.21. The normalized spacial score (nSPS) is 12.6. The van der Waals surface area contributed by atoms with Gasteiger partial charge in [0, 0.05) is 12.7 Å². The first-order valence-corrected chi connectivity index (χ1v) is 4.84. The first-order chi connectivity index (χ1) is 8.23. The summed E-state index contributed by atoms with van der Waals surface area (Å²) in [6.07, 6.45) is -4.36. The van der Waals surface area contributed by atoms with Crippen LogP contribution in [0.3, 0.4) is 0 Å². The van der Waals surface area contributed by atoms with Gasteiger partial charge in [-0.3, -0.25) is 0 Å². The minimum Gasteiger partial charge on any atom is -0.409 e. The van der Waals surface area contributed by atoms with E-state index in [0.29, 0.717) is 5.69 Å². The molecule has 0 amide bonds. The van der Waals surface area contributed by atoms with Gasteiger partial charge in [0.1, 0.15) is 12.2 Å². The number of halogens is 3. The highest BCUT2D eigenvalue weighted by atomic mass is 19.4. The largest absolute Gasteiger partial charge is 0.409 e. The zero-order chi connectivity index (χ0) is 13.9. The van der Waals surface area contributed by atoms with Crippen LogP contribution in [0, 0.1) is 6.92 Å². The van der Waals surface area contributed by atoms with Crippen LogP contribution in [0.15, 0.2) is 11.2 Å². The summed E-state index contributed by atoms with van der Waals surface area (Å²) in [5.74, 6) is -0.434. The molecule has 1 aromatic rings. The lowest BCUT2D eigenvalue weighted by atomic mass is 10.3. The molecule has 0 fully saturated rings. The quantitative estimate of drug-likeness (QED) is 0.366. The lowest BCUT2D eigenvalue weighted by Gasteiger charge is -2.19. The fourth-order valence-electron chi connectivity index (χ4n) is 1.25. The second-order valence-corrected chi connectivity index (χ2v) is 3.65. The van der Waals surface area contributed by atoms with Gasteiger partial charge in [-0.05, 0) is 13.0 Å². The van der Waals surface area contributed by atoms with Crippen LogP contribution in [0.5, 0.6) is 0 Å². The molecular weight excluding hydrogens is 251 g/mol. The predicted octanol–water partition coefficient (Wildman–Crippen LogP) is 0.878. The Balaban J connectivity index is 3.06. The van der Waals surface area contributed by atoms with Crippen LogP contribution in [-0.4, -0.2) is 40.8 Å². The average Bonchev–Trinajstić information content (AvgIpc) is 2.24. The molecule has 0 spiro atoms. The molecule has 1 heterocycles. The van der Waals surface area contributed by atoms with Crippen LogP contribution in [0.2, 0.25) is 0 Å². The van der Waals surface area contributed by atoms with Crippen molar-refractivity contribution in [1.82, 2.24) is 9.97 Å². The van der Waals surface area contributed by atoms with E-state index in [9.17, 15) is 13.2 Å². The molecule has 0 unspecified atom stereocenters. The molecular formula is C9H12F3N5O. The summed E-state index contributed by atoms with van der Waals surface area (Å²) in [5.41, 5.74) is 5.80. The van der Waals surface area contributed by atoms with Gasteiger partial charge in [-0.1, -0.05) is 5.16 Å². The highest BCUT2D eigenvalue weighted by Crippen LogP contribution is 2.18. The molecule has 100 valence electrons. The number of hydrogen-bond acceptors (Lipinski definition) is 5. The molecule has 0 aliphatic carbocycles. The van der Waals surface area contributed by atoms with Crippen molar-refractivity contribution in [2.45, 2.75) is 13.1 Å². The van der Waals surface area contributed by atoms with Crippen LogP contribution < -0.4 is 10.6 Å². The molecule has 0 aromatic carbocycles. The Labute approximate surface area is 101 Å². The molecule has 0 radical (unpaired) electrons. The third-order valence-corrected chi connectivity index (χ3v) is 1.97. The number of hydrogen-bond donors (Lipinski definition) is 2. The molecule has 1 aromatic heterocycles. The maximum absolute atomic E-state index is 12.2. The van der Waals surface area contributed by atoms with Crippen LogP contribution in [0.25, 0.3) is 0 Å². The molecule has 9 heteroatoms. The van der Waals surface area contributed by atoms with Gasteiger partial charge in [0.15, 0.2) is 5.84 Å². The van der Waals surface area contributed by atoms with E-state index in [4.69, 9.17) is 10.9 Å². The predicted molar refractivity (Wildman–Crippen MR) is 58.6 cm³/mol. The Morgan fingerprint density at radius 2 is 2.11 bits per heavy atom. The third kappa shape index (κ3) is 3.75. The number of aromatic nitrogens is 2. The van der Waals surface area contributed by atoms with Gasteiger partial charge in [0.2, 0.25) is 5.95 Å². The van der Waals surface area contributed by atoms with Crippen molar-refractivity contribution in [3.8, 4) is 0 Å². The molecule has 0 saturated heterocycles. The number of alkyl halides is 3. The molecule has 0 atom stereocenters. The van der Waals surface area contributed by atoms with Gasteiger partial charge in [-0.2, -0.15) is 13.2 Å². The Kier molecular flexibility index (Phi) is 3.94. The Bertz CT molecular complexity index is 460. The van der Waals surface area contributed by atoms with Crippen molar-refractivity contribution in [2.75, 3.05) is 18.5 Å². The molecule has 6 nitrogen and oxygen atoms in total. The molecule has 0 aliphatic rings. The number of aryl methyl sites for hydroxylation is 1. The first-order valence-electron chi connectivity index (χ1n) is 4.84. The highest BCUT2D eigenvalue weighted by Gasteiger charge is 2.30. The van der Waals surface area contributed by atoms with Crippen LogP contribution in [0.4, 0.5) is 19.1 Å².